The van der Waals surface area contributed by atoms with Gasteiger partial charge in [-0.25, -0.2) is 4.99 Å². The smallest absolute Gasteiger partial charge is 0.202 e. The molecule has 0 amide bonds. The first-order valence-electron chi connectivity index (χ1n) is 13.8. The maximum Gasteiger partial charge on any atom is 0.202 e. The molecule has 9 nitrogen and oxygen atoms in total. The van der Waals surface area contributed by atoms with Crippen LogP contribution in [-0.4, -0.2) is 86.9 Å². The number of hydrogen-bond acceptors (Lipinski definition) is 6. The molecule has 0 spiro atoms. The minimum absolute atomic E-state index is 0.0774. The Morgan fingerprint density at radius 1 is 1.26 bits per heavy atom. The highest BCUT2D eigenvalue weighted by atomic mass is 16.3. The van der Waals surface area contributed by atoms with Crippen molar-refractivity contribution in [1.82, 2.24) is 35.2 Å². The van der Waals surface area contributed by atoms with Crippen LogP contribution in [-0.2, 0) is 6.42 Å². The zero-order valence-corrected chi connectivity index (χ0v) is 22.8. The number of hydrogen-bond donors (Lipinski definition) is 3. The molecule has 2 aliphatic rings. The average Bonchev–Trinajstić information content (AvgIpc) is 3.31. The molecule has 4 heterocycles. The van der Waals surface area contributed by atoms with Crippen LogP contribution in [0, 0.1) is 0 Å². The monoisotopic (exact) mass is 516 g/mol. The molecule has 3 N–H and O–H groups in total. The third-order valence-corrected chi connectivity index (χ3v) is 7.88. The zero-order chi connectivity index (χ0) is 26.6. The molecule has 1 aromatic carbocycles. The number of phenolic OH excluding ortho intramolecular Hbond substituents is 1. The summed E-state index contributed by atoms with van der Waals surface area (Å²) in [6, 6.07) is 9.97. The van der Waals surface area contributed by atoms with Gasteiger partial charge in [0, 0.05) is 54.5 Å². The summed E-state index contributed by atoms with van der Waals surface area (Å²) in [5, 5.41) is 23.8. The van der Waals surface area contributed by atoms with E-state index in [9.17, 15) is 5.11 Å². The fraction of sp³-hybridized carbons (Fsp3) is 0.483. The topological polar surface area (TPSA) is 95.9 Å². The van der Waals surface area contributed by atoms with Crippen LogP contribution < -0.4 is 5.32 Å². The van der Waals surface area contributed by atoms with Gasteiger partial charge in [0.2, 0.25) is 5.96 Å². The molecule has 3 aromatic rings. The zero-order valence-electron chi connectivity index (χ0n) is 22.8. The van der Waals surface area contributed by atoms with Gasteiger partial charge in [-0.15, -0.1) is 10.2 Å². The van der Waals surface area contributed by atoms with Crippen LogP contribution in [0.3, 0.4) is 0 Å². The van der Waals surface area contributed by atoms with E-state index >= 15 is 0 Å². The Morgan fingerprint density at radius 2 is 2.05 bits per heavy atom. The molecule has 9 heteroatoms. The van der Waals surface area contributed by atoms with Crippen LogP contribution >= 0.6 is 0 Å². The maximum atomic E-state index is 10.4. The molecular weight excluding hydrogens is 476 g/mol. The van der Waals surface area contributed by atoms with Crippen molar-refractivity contribution in [2.24, 2.45) is 4.99 Å². The van der Waals surface area contributed by atoms with Crippen molar-refractivity contribution in [2.75, 3.05) is 39.9 Å². The minimum atomic E-state index is 0.0774. The summed E-state index contributed by atoms with van der Waals surface area (Å²) in [4.78, 5) is 15.6. The molecule has 0 radical (unpaired) electrons. The third kappa shape index (κ3) is 5.13. The Morgan fingerprint density at radius 3 is 2.79 bits per heavy atom. The van der Waals surface area contributed by atoms with Gasteiger partial charge in [0.15, 0.2) is 5.65 Å². The van der Waals surface area contributed by atoms with E-state index in [4.69, 9.17) is 4.99 Å². The third-order valence-electron chi connectivity index (χ3n) is 7.88. The van der Waals surface area contributed by atoms with Crippen LogP contribution in [0.1, 0.15) is 50.4 Å². The highest BCUT2D eigenvalue weighted by molar-refractivity contribution is 5.88. The second kappa shape index (κ2) is 11.5. The molecular formula is C29H40N8O. The SMILES string of the molecule is C=C/N=C(\N(C)CN(CCC)C1CCNCC1)N1CCc2[nH]c3nnc(-c4ccccc4O)cc3c2[C@H]1C. The lowest BCUT2D eigenvalue weighted by molar-refractivity contribution is 0.111. The first-order chi connectivity index (χ1) is 18.5. The van der Waals surface area contributed by atoms with Crippen molar-refractivity contribution >= 4 is 17.0 Å². The number of fused-ring (bicyclic) bond motifs is 3. The van der Waals surface area contributed by atoms with E-state index in [-0.39, 0.29) is 11.8 Å². The van der Waals surface area contributed by atoms with E-state index in [1.807, 2.05) is 24.3 Å². The number of piperidine rings is 1. The van der Waals surface area contributed by atoms with Gasteiger partial charge >= 0.3 is 0 Å². The molecule has 0 unspecified atom stereocenters. The van der Waals surface area contributed by atoms with E-state index < -0.39 is 0 Å². The number of rotatable bonds is 7. The van der Waals surface area contributed by atoms with Gasteiger partial charge in [0.1, 0.15) is 5.75 Å². The van der Waals surface area contributed by atoms with Crippen LogP contribution in [0.4, 0.5) is 0 Å². The van der Waals surface area contributed by atoms with Crippen LogP contribution in [0.25, 0.3) is 22.3 Å². The van der Waals surface area contributed by atoms with Crippen molar-refractivity contribution in [1.29, 1.82) is 0 Å². The highest BCUT2D eigenvalue weighted by Crippen LogP contribution is 2.37. The van der Waals surface area contributed by atoms with E-state index in [0.717, 1.165) is 62.7 Å². The van der Waals surface area contributed by atoms with Crippen molar-refractivity contribution in [3.05, 3.63) is 54.4 Å². The Bertz CT molecular complexity index is 1290. The molecule has 5 rings (SSSR count). The summed E-state index contributed by atoms with van der Waals surface area (Å²) in [6.07, 6.45) is 6.01. The summed E-state index contributed by atoms with van der Waals surface area (Å²) in [5.41, 5.74) is 4.52. The Labute approximate surface area is 225 Å². The molecule has 202 valence electrons. The molecule has 2 aliphatic heterocycles. The highest BCUT2D eigenvalue weighted by Gasteiger charge is 2.32. The minimum Gasteiger partial charge on any atom is -0.507 e. The molecule has 0 aliphatic carbocycles. The maximum absolute atomic E-state index is 10.4. The van der Waals surface area contributed by atoms with Gasteiger partial charge in [-0.2, -0.15) is 0 Å². The lowest BCUT2D eigenvalue weighted by Gasteiger charge is -2.42. The van der Waals surface area contributed by atoms with Gasteiger partial charge in [0.25, 0.3) is 0 Å². The van der Waals surface area contributed by atoms with Crippen molar-refractivity contribution in [2.45, 2.75) is 51.6 Å². The lowest BCUT2D eigenvalue weighted by atomic mass is 9.97. The van der Waals surface area contributed by atoms with Gasteiger partial charge < -0.3 is 25.2 Å². The molecule has 38 heavy (non-hydrogen) atoms. The number of nitrogens with zero attached hydrogens (tertiary/aromatic N) is 6. The Hall–Kier alpha value is -3.43. The van der Waals surface area contributed by atoms with E-state index in [1.165, 1.54) is 24.1 Å². The number of aromatic nitrogens is 3. The largest absolute Gasteiger partial charge is 0.507 e. The van der Waals surface area contributed by atoms with Crippen molar-refractivity contribution < 1.29 is 5.11 Å². The molecule has 0 bridgehead atoms. The number of aliphatic imine (C=N–C) groups is 1. The van der Waals surface area contributed by atoms with E-state index in [2.05, 4.69) is 62.7 Å². The van der Waals surface area contributed by atoms with Crippen LogP contribution in [0.2, 0.25) is 0 Å². The number of nitrogens with one attached hydrogen (secondary N) is 2. The lowest BCUT2D eigenvalue weighted by Crippen LogP contribution is -2.53. The van der Waals surface area contributed by atoms with Gasteiger partial charge in [-0.3, -0.25) is 4.90 Å². The van der Waals surface area contributed by atoms with E-state index in [0.29, 0.717) is 17.3 Å². The first kappa shape index (κ1) is 26.2. The summed E-state index contributed by atoms with van der Waals surface area (Å²) >= 11 is 0. The van der Waals surface area contributed by atoms with E-state index in [1.54, 1.807) is 12.3 Å². The molecule has 2 aromatic heterocycles. The number of aromatic hydroxyl groups is 1. The first-order valence-corrected chi connectivity index (χ1v) is 13.8. The second-order valence-corrected chi connectivity index (χ2v) is 10.4. The fourth-order valence-corrected chi connectivity index (χ4v) is 6.05. The van der Waals surface area contributed by atoms with Crippen LogP contribution in [0.5, 0.6) is 5.75 Å². The fourth-order valence-electron chi connectivity index (χ4n) is 6.05. The number of benzene rings is 1. The van der Waals surface area contributed by atoms with Gasteiger partial charge in [0.05, 0.1) is 18.4 Å². The average molecular weight is 517 g/mol. The molecule has 1 atom stereocenters. The molecule has 1 saturated heterocycles. The number of aromatic amines is 1. The Balaban J connectivity index is 1.44. The normalized spacial score (nSPS) is 18.7. The van der Waals surface area contributed by atoms with Gasteiger partial charge in [-0.1, -0.05) is 25.6 Å². The number of para-hydroxylation sites is 1. The number of phenols is 1. The predicted octanol–water partition coefficient (Wildman–Crippen LogP) is 4.10. The predicted molar refractivity (Wildman–Crippen MR) is 153 cm³/mol. The summed E-state index contributed by atoms with van der Waals surface area (Å²) < 4.78 is 0. The quantitative estimate of drug-likeness (QED) is 0.247. The Kier molecular flexibility index (Phi) is 7.95. The molecule has 1 fully saturated rings. The summed E-state index contributed by atoms with van der Waals surface area (Å²) in [5.74, 6) is 1.14. The molecule has 0 saturated carbocycles. The van der Waals surface area contributed by atoms with Crippen molar-refractivity contribution in [3.8, 4) is 17.0 Å². The summed E-state index contributed by atoms with van der Waals surface area (Å²) in [6.45, 7) is 13.3. The second-order valence-electron chi connectivity index (χ2n) is 10.4. The van der Waals surface area contributed by atoms with Crippen molar-refractivity contribution in [3.63, 3.8) is 0 Å². The van der Waals surface area contributed by atoms with Crippen LogP contribution in [0.15, 0.2) is 48.1 Å². The standard InChI is InChI=1S/C29H40N8O/c1-5-16-36(21-11-14-30-15-12-21)19-35(4)29(31-6-2)37-17-13-24-27(20(37)3)23-18-25(33-34-28(23)32-24)22-9-7-8-10-26(22)38/h6-10,18,20-21,30,38H,2,5,11-17,19H2,1,3-4H3,(H,32,34)/b31-29+/t20-/m1/s1. The summed E-state index contributed by atoms with van der Waals surface area (Å²) in [7, 11) is 2.14. The number of H-pyrrole nitrogens is 1. The van der Waals surface area contributed by atoms with Gasteiger partial charge in [-0.05, 0) is 64.0 Å². The number of guanidine groups is 1.